The van der Waals surface area contributed by atoms with Gasteiger partial charge in [0.1, 0.15) is 5.75 Å². The number of carbonyl (C=O) groups excluding carboxylic acids is 4. The molecule has 0 radical (unpaired) electrons. The van der Waals surface area contributed by atoms with Crippen LogP contribution >= 0.6 is 23.2 Å². The SMILES string of the molecule is COc1ccc(N2C(=O)NC(=O)[C@H](/C=N\NC(=O)c3ccc(Cl)cc3Cl)C2=O)cc1. The van der Waals surface area contributed by atoms with E-state index in [0.717, 1.165) is 11.1 Å². The molecule has 0 aliphatic carbocycles. The maximum Gasteiger partial charge on any atom is 0.335 e. The zero-order valence-corrected chi connectivity index (χ0v) is 16.9. The molecule has 2 aromatic carbocycles. The Morgan fingerprint density at radius 3 is 2.50 bits per heavy atom. The van der Waals surface area contributed by atoms with Crippen LogP contribution in [0.15, 0.2) is 47.6 Å². The van der Waals surface area contributed by atoms with E-state index >= 15 is 0 Å². The van der Waals surface area contributed by atoms with Crippen LogP contribution in [-0.2, 0) is 9.59 Å². The van der Waals surface area contributed by atoms with Crippen LogP contribution in [0.4, 0.5) is 10.5 Å². The molecule has 1 aliphatic rings. The van der Waals surface area contributed by atoms with E-state index in [-0.39, 0.29) is 16.3 Å². The number of nitrogens with zero attached hydrogens (tertiary/aromatic N) is 2. The molecule has 154 valence electrons. The van der Waals surface area contributed by atoms with Crippen molar-refractivity contribution in [2.24, 2.45) is 11.0 Å². The van der Waals surface area contributed by atoms with Gasteiger partial charge in [-0.3, -0.25) is 19.7 Å². The van der Waals surface area contributed by atoms with E-state index in [1.807, 2.05) is 0 Å². The van der Waals surface area contributed by atoms with Crippen molar-refractivity contribution in [3.05, 3.63) is 58.1 Å². The first-order chi connectivity index (χ1) is 14.3. The number of nitrogens with one attached hydrogen (secondary N) is 2. The van der Waals surface area contributed by atoms with Crippen molar-refractivity contribution in [1.82, 2.24) is 10.7 Å². The zero-order chi connectivity index (χ0) is 21.8. The number of halogens is 2. The van der Waals surface area contributed by atoms with Gasteiger partial charge in [-0.2, -0.15) is 5.10 Å². The van der Waals surface area contributed by atoms with Gasteiger partial charge in [0.15, 0.2) is 5.92 Å². The number of anilines is 1. The summed E-state index contributed by atoms with van der Waals surface area (Å²) in [5, 5.41) is 6.20. The second-order valence-electron chi connectivity index (χ2n) is 5.99. The van der Waals surface area contributed by atoms with E-state index in [1.165, 1.54) is 37.4 Å². The van der Waals surface area contributed by atoms with Crippen molar-refractivity contribution in [2.45, 2.75) is 0 Å². The second-order valence-corrected chi connectivity index (χ2v) is 6.83. The summed E-state index contributed by atoms with van der Waals surface area (Å²) >= 11 is 11.7. The Morgan fingerprint density at radius 1 is 1.17 bits per heavy atom. The predicted molar refractivity (Wildman–Crippen MR) is 110 cm³/mol. The molecule has 3 rings (SSSR count). The van der Waals surface area contributed by atoms with E-state index < -0.39 is 29.7 Å². The monoisotopic (exact) mass is 448 g/mol. The Balaban J connectivity index is 1.75. The molecule has 0 unspecified atom stereocenters. The molecule has 2 aromatic rings. The van der Waals surface area contributed by atoms with Crippen molar-refractivity contribution >= 4 is 58.9 Å². The molecule has 30 heavy (non-hydrogen) atoms. The Morgan fingerprint density at radius 2 is 1.87 bits per heavy atom. The number of amides is 5. The fourth-order valence-electron chi connectivity index (χ4n) is 2.60. The van der Waals surface area contributed by atoms with Crippen LogP contribution in [0.5, 0.6) is 5.75 Å². The van der Waals surface area contributed by atoms with Gasteiger partial charge in [-0.15, -0.1) is 0 Å². The summed E-state index contributed by atoms with van der Waals surface area (Å²) in [5.41, 5.74) is 2.52. The number of barbiturate groups is 1. The van der Waals surface area contributed by atoms with Crippen molar-refractivity contribution in [3.63, 3.8) is 0 Å². The molecule has 11 heteroatoms. The summed E-state index contributed by atoms with van der Waals surface area (Å²) in [6.07, 6.45) is 0.933. The van der Waals surface area contributed by atoms with E-state index in [9.17, 15) is 19.2 Å². The molecule has 9 nitrogen and oxygen atoms in total. The number of imide groups is 2. The van der Waals surface area contributed by atoms with E-state index in [0.29, 0.717) is 10.8 Å². The van der Waals surface area contributed by atoms with Gasteiger partial charge in [-0.25, -0.2) is 15.1 Å². The van der Waals surface area contributed by atoms with Crippen LogP contribution in [0.1, 0.15) is 10.4 Å². The molecule has 1 heterocycles. The highest BCUT2D eigenvalue weighted by molar-refractivity contribution is 6.37. The Hall–Kier alpha value is -3.43. The Bertz CT molecular complexity index is 1060. The average Bonchev–Trinajstić information content (AvgIpc) is 2.70. The van der Waals surface area contributed by atoms with Crippen LogP contribution < -0.4 is 20.4 Å². The van der Waals surface area contributed by atoms with Gasteiger partial charge in [0.2, 0.25) is 5.91 Å². The minimum atomic E-state index is -1.43. The normalized spacial score (nSPS) is 16.6. The number of carbonyl (C=O) groups is 4. The first-order valence-electron chi connectivity index (χ1n) is 8.43. The van der Waals surface area contributed by atoms with Gasteiger partial charge in [0.25, 0.3) is 11.8 Å². The quantitative estimate of drug-likeness (QED) is 0.414. The third-order valence-electron chi connectivity index (χ3n) is 4.10. The number of hydrazone groups is 1. The van der Waals surface area contributed by atoms with Crippen LogP contribution in [-0.4, -0.2) is 37.1 Å². The molecule has 1 atom stereocenters. The zero-order valence-electron chi connectivity index (χ0n) is 15.4. The molecule has 1 saturated heterocycles. The summed E-state index contributed by atoms with van der Waals surface area (Å²) in [5.74, 6) is -3.25. The third-order valence-corrected chi connectivity index (χ3v) is 4.65. The largest absolute Gasteiger partial charge is 0.497 e. The lowest BCUT2D eigenvalue weighted by Gasteiger charge is -2.28. The second kappa shape index (κ2) is 8.93. The van der Waals surface area contributed by atoms with E-state index in [2.05, 4.69) is 15.8 Å². The van der Waals surface area contributed by atoms with E-state index in [4.69, 9.17) is 27.9 Å². The lowest BCUT2D eigenvalue weighted by atomic mass is 10.1. The summed E-state index contributed by atoms with van der Waals surface area (Å²) in [6, 6.07) is 9.47. The average molecular weight is 449 g/mol. The Labute approximate surface area is 180 Å². The number of ether oxygens (including phenoxy) is 1. The van der Waals surface area contributed by atoms with Gasteiger partial charge in [-0.05, 0) is 42.5 Å². The number of rotatable bonds is 5. The summed E-state index contributed by atoms with van der Waals surface area (Å²) in [7, 11) is 1.48. The van der Waals surface area contributed by atoms with Crippen LogP contribution in [0.3, 0.4) is 0 Å². The number of benzene rings is 2. The molecule has 0 aromatic heterocycles. The van der Waals surface area contributed by atoms with Crippen molar-refractivity contribution < 1.29 is 23.9 Å². The van der Waals surface area contributed by atoms with Gasteiger partial charge in [0.05, 0.1) is 23.4 Å². The first-order valence-corrected chi connectivity index (χ1v) is 9.19. The number of hydrogen-bond donors (Lipinski definition) is 2. The highest BCUT2D eigenvalue weighted by Gasteiger charge is 2.40. The minimum absolute atomic E-state index is 0.104. The molecule has 1 fully saturated rings. The molecular formula is C19H14Cl2N4O5. The summed E-state index contributed by atoms with van der Waals surface area (Å²) < 4.78 is 5.04. The maximum absolute atomic E-state index is 12.7. The summed E-state index contributed by atoms with van der Waals surface area (Å²) in [4.78, 5) is 49.9. The molecule has 1 aliphatic heterocycles. The highest BCUT2D eigenvalue weighted by Crippen LogP contribution is 2.23. The fraction of sp³-hybridized carbons (Fsp3) is 0.105. The lowest BCUT2D eigenvalue weighted by molar-refractivity contribution is -0.131. The first kappa shape index (κ1) is 21.3. The minimum Gasteiger partial charge on any atom is -0.497 e. The van der Waals surface area contributed by atoms with Gasteiger partial charge < -0.3 is 4.74 Å². The Kier molecular flexibility index (Phi) is 6.34. The smallest absolute Gasteiger partial charge is 0.335 e. The number of hydrogen-bond acceptors (Lipinski definition) is 6. The number of methoxy groups -OCH3 is 1. The number of urea groups is 1. The van der Waals surface area contributed by atoms with Crippen LogP contribution in [0.25, 0.3) is 0 Å². The molecule has 5 amide bonds. The van der Waals surface area contributed by atoms with Crippen molar-refractivity contribution in [3.8, 4) is 5.75 Å². The van der Waals surface area contributed by atoms with Crippen LogP contribution in [0, 0.1) is 5.92 Å². The predicted octanol–water partition coefficient (Wildman–Crippen LogP) is 2.62. The molecule has 2 N–H and O–H groups in total. The molecule has 0 saturated carbocycles. The van der Waals surface area contributed by atoms with Crippen LogP contribution in [0.2, 0.25) is 10.0 Å². The standard InChI is InChI=1S/C19H14Cl2N4O5/c1-30-12-5-3-11(4-6-12)25-18(28)14(16(26)23-19(25)29)9-22-24-17(27)13-7-2-10(20)8-15(13)21/h2-9,14H,1H3,(H,24,27)(H,23,26,29)/b22-9-/t14-/m0/s1. The lowest BCUT2D eigenvalue weighted by Crippen LogP contribution is -2.58. The third kappa shape index (κ3) is 4.42. The summed E-state index contributed by atoms with van der Waals surface area (Å²) in [6.45, 7) is 0. The highest BCUT2D eigenvalue weighted by atomic mass is 35.5. The topological polar surface area (TPSA) is 117 Å². The molecule has 0 bridgehead atoms. The van der Waals surface area contributed by atoms with E-state index in [1.54, 1.807) is 12.1 Å². The van der Waals surface area contributed by atoms with Gasteiger partial charge in [-0.1, -0.05) is 23.2 Å². The van der Waals surface area contributed by atoms with Crippen molar-refractivity contribution in [2.75, 3.05) is 12.0 Å². The molecular weight excluding hydrogens is 435 g/mol. The maximum atomic E-state index is 12.7. The fourth-order valence-corrected chi connectivity index (χ4v) is 3.10. The van der Waals surface area contributed by atoms with Gasteiger partial charge >= 0.3 is 6.03 Å². The van der Waals surface area contributed by atoms with Crippen molar-refractivity contribution in [1.29, 1.82) is 0 Å². The van der Waals surface area contributed by atoms with Gasteiger partial charge in [0, 0.05) is 11.2 Å². The molecule has 0 spiro atoms.